The number of halogens is 1. The van der Waals surface area contributed by atoms with Gasteiger partial charge >= 0.3 is 0 Å². The molecule has 4 aromatic rings. The fraction of sp³-hybridized carbons (Fsp3) is 0.360. The van der Waals surface area contributed by atoms with Crippen LogP contribution in [0.1, 0.15) is 25.0 Å². The monoisotopic (exact) mass is 434 g/mol. The van der Waals surface area contributed by atoms with Crippen molar-refractivity contribution < 1.29 is 4.74 Å². The Morgan fingerprint density at radius 1 is 1.10 bits per heavy atom. The van der Waals surface area contributed by atoms with E-state index in [0.29, 0.717) is 5.02 Å². The number of fused-ring (bicyclic) bond motifs is 3. The number of aryl methyl sites for hydroxylation is 2. The van der Waals surface area contributed by atoms with Crippen LogP contribution in [0.4, 0.5) is 0 Å². The van der Waals surface area contributed by atoms with Crippen molar-refractivity contribution in [2.24, 2.45) is 5.92 Å². The molecule has 5 rings (SSSR count). The quantitative estimate of drug-likeness (QED) is 0.443. The summed E-state index contributed by atoms with van der Waals surface area (Å²) in [6.07, 6.45) is 3.62. The first-order chi connectivity index (χ1) is 15.1. The van der Waals surface area contributed by atoms with Gasteiger partial charge in [0.15, 0.2) is 0 Å². The Bertz CT molecular complexity index is 1230. The molecule has 1 aliphatic rings. The van der Waals surface area contributed by atoms with E-state index < -0.39 is 0 Å². The summed E-state index contributed by atoms with van der Waals surface area (Å²) in [6, 6.07) is 14.1. The van der Waals surface area contributed by atoms with E-state index in [2.05, 4.69) is 28.1 Å². The number of aromatic nitrogens is 3. The normalized spacial score (nSPS) is 15.1. The summed E-state index contributed by atoms with van der Waals surface area (Å²) in [6.45, 7) is 5.20. The molecule has 0 atom stereocenters. The third kappa shape index (κ3) is 3.88. The van der Waals surface area contributed by atoms with E-state index in [1.807, 2.05) is 31.2 Å². The smallest absolute Gasteiger partial charge is 0.141 e. The maximum Gasteiger partial charge on any atom is 0.141 e. The van der Waals surface area contributed by atoms with E-state index in [1.165, 1.54) is 12.8 Å². The van der Waals surface area contributed by atoms with Crippen molar-refractivity contribution in [2.75, 3.05) is 20.2 Å². The number of ether oxygens (including phenoxy) is 1. The van der Waals surface area contributed by atoms with Crippen molar-refractivity contribution in [2.45, 2.75) is 32.7 Å². The summed E-state index contributed by atoms with van der Waals surface area (Å²) < 4.78 is 7.75. The van der Waals surface area contributed by atoms with Crippen LogP contribution in [0.5, 0.6) is 5.75 Å². The highest BCUT2D eigenvalue weighted by atomic mass is 35.5. The molecule has 1 aliphatic heterocycles. The SMILES string of the molecule is COc1ccc(-c2nc3c(C)nc4cc(Cl)ccc4c3n2CCC2CCNCC2)cc1. The molecule has 5 nitrogen and oxygen atoms in total. The van der Waals surface area contributed by atoms with Gasteiger partial charge in [-0.2, -0.15) is 0 Å². The Hall–Kier alpha value is -2.63. The number of piperidine rings is 1. The number of nitrogens with zero attached hydrogens (tertiary/aromatic N) is 3. The van der Waals surface area contributed by atoms with E-state index >= 15 is 0 Å². The predicted molar refractivity (Wildman–Crippen MR) is 127 cm³/mol. The number of nitrogens with one attached hydrogen (secondary N) is 1. The first kappa shape index (κ1) is 20.3. The molecule has 160 valence electrons. The number of rotatable bonds is 5. The molecule has 0 saturated carbocycles. The van der Waals surface area contributed by atoms with Gasteiger partial charge in [-0.15, -0.1) is 0 Å². The van der Waals surface area contributed by atoms with Crippen molar-refractivity contribution in [1.29, 1.82) is 0 Å². The largest absolute Gasteiger partial charge is 0.497 e. The van der Waals surface area contributed by atoms with Crippen molar-refractivity contribution in [3.63, 3.8) is 0 Å². The first-order valence-electron chi connectivity index (χ1n) is 11.0. The molecule has 0 bridgehead atoms. The van der Waals surface area contributed by atoms with Crippen LogP contribution >= 0.6 is 11.6 Å². The molecule has 2 aromatic carbocycles. The Balaban J connectivity index is 1.68. The highest BCUT2D eigenvalue weighted by Crippen LogP contribution is 2.34. The number of hydrogen-bond donors (Lipinski definition) is 1. The van der Waals surface area contributed by atoms with Gasteiger partial charge in [0.25, 0.3) is 0 Å². The zero-order valence-corrected chi connectivity index (χ0v) is 18.7. The summed E-state index contributed by atoms with van der Waals surface area (Å²) in [5.41, 5.74) is 5.05. The van der Waals surface area contributed by atoms with Gasteiger partial charge in [-0.05, 0) is 87.7 Å². The van der Waals surface area contributed by atoms with Gasteiger partial charge < -0.3 is 14.6 Å². The Morgan fingerprint density at radius 2 is 1.87 bits per heavy atom. The fourth-order valence-electron chi connectivity index (χ4n) is 4.67. The van der Waals surface area contributed by atoms with Crippen molar-refractivity contribution in [3.05, 3.63) is 53.2 Å². The van der Waals surface area contributed by atoms with Gasteiger partial charge in [-0.3, -0.25) is 4.98 Å². The van der Waals surface area contributed by atoms with E-state index in [1.54, 1.807) is 7.11 Å². The molecule has 0 aliphatic carbocycles. The Labute approximate surface area is 187 Å². The zero-order chi connectivity index (χ0) is 21.4. The second-order valence-electron chi connectivity index (χ2n) is 8.35. The summed E-state index contributed by atoms with van der Waals surface area (Å²) >= 11 is 6.27. The Morgan fingerprint density at radius 3 is 2.61 bits per heavy atom. The fourth-order valence-corrected chi connectivity index (χ4v) is 4.84. The van der Waals surface area contributed by atoms with Gasteiger partial charge in [0.05, 0.1) is 23.8 Å². The van der Waals surface area contributed by atoms with Crippen LogP contribution in [0.3, 0.4) is 0 Å². The second-order valence-corrected chi connectivity index (χ2v) is 8.79. The second kappa shape index (κ2) is 8.48. The van der Waals surface area contributed by atoms with Crippen molar-refractivity contribution in [1.82, 2.24) is 19.9 Å². The average Bonchev–Trinajstić information content (AvgIpc) is 3.18. The summed E-state index contributed by atoms with van der Waals surface area (Å²) in [7, 11) is 1.69. The van der Waals surface area contributed by atoms with Crippen LogP contribution in [0, 0.1) is 12.8 Å². The third-order valence-electron chi connectivity index (χ3n) is 6.38. The van der Waals surface area contributed by atoms with Crippen LogP contribution in [-0.2, 0) is 6.54 Å². The highest BCUT2D eigenvalue weighted by Gasteiger charge is 2.20. The maximum absolute atomic E-state index is 6.27. The minimum atomic E-state index is 0.704. The number of pyridine rings is 1. The van der Waals surface area contributed by atoms with E-state index in [9.17, 15) is 0 Å². The molecule has 31 heavy (non-hydrogen) atoms. The lowest BCUT2D eigenvalue weighted by Crippen LogP contribution is -2.28. The number of methoxy groups -OCH3 is 1. The van der Waals surface area contributed by atoms with E-state index in [-0.39, 0.29) is 0 Å². The van der Waals surface area contributed by atoms with Crippen molar-refractivity contribution >= 4 is 33.5 Å². The van der Waals surface area contributed by atoms with Crippen molar-refractivity contribution in [3.8, 4) is 17.1 Å². The summed E-state index contributed by atoms with van der Waals surface area (Å²) in [5.74, 6) is 2.57. The standard InChI is InChI=1S/C25H27ClN4O/c1-16-23-24(21-8-5-19(26)15-22(21)28-16)30(14-11-17-9-12-27-13-10-17)25(29-23)18-3-6-20(31-2)7-4-18/h3-8,15,17,27H,9-14H2,1-2H3. The lowest BCUT2D eigenvalue weighted by atomic mass is 9.94. The van der Waals surface area contributed by atoms with Crippen LogP contribution in [0.15, 0.2) is 42.5 Å². The van der Waals surface area contributed by atoms with E-state index in [4.69, 9.17) is 26.3 Å². The molecule has 0 spiro atoms. The van der Waals surface area contributed by atoms with Crippen LogP contribution < -0.4 is 10.1 Å². The van der Waals surface area contributed by atoms with Gasteiger partial charge in [0.2, 0.25) is 0 Å². The molecule has 0 unspecified atom stereocenters. The molecule has 2 aromatic heterocycles. The number of imidazole rings is 1. The molecular weight excluding hydrogens is 408 g/mol. The average molecular weight is 435 g/mol. The van der Waals surface area contributed by atoms with Gasteiger partial charge in [0.1, 0.15) is 17.1 Å². The first-order valence-corrected chi connectivity index (χ1v) is 11.3. The number of benzene rings is 2. The van der Waals surface area contributed by atoms with E-state index in [0.717, 1.165) is 76.7 Å². The van der Waals surface area contributed by atoms with Crippen LogP contribution in [0.2, 0.25) is 5.02 Å². The van der Waals surface area contributed by atoms with Gasteiger partial charge in [-0.25, -0.2) is 4.98 Å². The maximum atomic E-state index is 6.27. The molecule has 6 heteroatoms. The minimum absolute atomic E-state index is 0.704. The predicted octanol–water partition coefficient (Wildman–Crippen LogP) is 5.61. The van der Waals surface area contributed by atoms with Gasteiger partial charge in [-0.1, -0.05) is 11.6 Å². The molecule has 0 amide bonds. The van der Waals surface area contributed by atoms with Crippen LogP contribution in [0.25, 0.3) is 33.3 Å². The summed E-state index contributed by atoms with van der Waals surface area (Å²) in [5, 5.41) is 5.27. The molecule has 1 saturated heterocycles. The molecular formula is C25H27ClN4O. The third-order valence-corrected chi connectivity index (χ3v) is 6.62. The summed E-state index contributed by atoms with van der Waals surface area (Å²) in [4.78, 5) is 9.89. The zero-order valence-electron chi connectivity index (χ0n) is 18.0. The molecule has 1 fully saturated rings. The topological polar surface area (TPSA) is 52.0 Å². The molecule has 1 N–H and O–H groups in total. The van der Waals surface area contributed by atoms with Gasteiger partial charge in [0, 0.05) is 22.5 Å². The Kier molecular flexibility index (Phi) is 5.55. The molecule has 0 radical (unpaired) electrons. The lowest BCUT2D eigenvalue weighted by molar-refractivity contribution is 0.340. The minimum Gasteiger partial charge on any atom is -0.497 e. The van der Waals surface area contributed by atoms with Crippen LogP contribution in [-0.4, -0.2) is 34.7 Å². The lowest BCUT2D eigenvalue weighted by Gasteiger charge is -2.23. The molecule has 3 heterocycles. The number of hydrogen-bond acceptors (Lipinski definition) is 4. The highest BCUT2D eigenvalue weighted by molar-refractivity contribution is 6.31.